The number of hydrogen-bond acceptors (Lipinski definition) is 5. The van der Waals surface area contributed by atoms with Crippen LogP contribution in [0.15, 0.2) is 60.0 Å². The molecule has 0 atom stereocenters. The Bertz CT molecular complexity index is 956. The van der Waals surface area contributed by atoms with Gasteiger partial charge < -0.3 is 9.47 Å². The zero-order chi connectivity index (χ0) is 20.8. The van der Waals surface area contributed by atoms with Gasteiger partial charge in [0.15, 0.2) is 11.5 Å². The van der Waals surface area contributed by atoms with Gasteiger partial charge in [0.1, 0.15) is 6.61 Å². The summed E-state index contributed by atoms with van der Waals surface area (Å²) in [5, 5.41) is -0.268. The van der Waals surface area contributed by atoms with Crippen molar-refractivity contribution in [2.75, 3.05) is 13.2 Å². The zero-order valence-corrected chi connectivity index (χ0v) is 18.9. The second-order valence-electron chi connectivity index (χ2n) is 6.13. The summed E-state index contributed by atoms with van der Waals surface area (Å²) in [6.45, 7) is 6.65. The Morgan fingerprint density at radius 3 is 2.55 bits per heavy atom. The predicted octanol–water partition coefficient (Wildman–Crippen LogP) is 5.49. The van der Waals surface area contributed by atoms with E-state index in [0.29, 0.717) is 29.6 Å². The van der Waals surface area contributed by atoms with E-state index in [0.717, 1.165) is 26.5 Å². The Hall–Kier alpha value is -2.26. The second kappa shape index (κ2) is 9.98. The Kier molecular flexibility index (Phi) is 7.38. The van der Waals surface area contributed by atoms with Crippen LogP contribution in [0, 0.1) is 3.57 Å². The third kappa shape index (κ3) is 5.42. The molecule has 2 aromatic carbocycles. The molecule has 150 valence electrons. The van der Waals surface area contributed by atoms with Crippen molar-refractivity contribution in [3.8, 4) is 11.5 Å². The molecule has 2 aromatic rings. The highest BCUT2D eigenvalue weighted by atomic mass is 127. The van der Waals surface area contributed by atoms with Crippen molar-refractivity contribution in [2.24, 2.45) is 0 Å². The van der Waals surface area contributed by atoms with Gasteiger partial charge in [-0.05, 0) is 82.7 Å². The van der Waals surface area contributed by atoms with E-state index in [1.165, 1.54) is 4.90 Å². The summed E-state index contributed by atoms with van der Waals surface area (Å²) in [4.78, 5) is 26.8. The van der Waals surface area contributed by atoms with E-state index in [4.69, 9.17) is 9.47 Å². The number of carbonyl (C=O) groups excluding carboxylic acids is 2. The lowest BCUT2D eigenvalue weighted by atomic mass is 10.1. The summed E-state index contributed by atoms with van der Waals surface area (Å²) in [6.07, 6.45) is 3.37. The minimum absolute atomic E-state index is 0.261. The molecule has 7 heteroatoms. The fraction of sp³-hybridized carbons (Fsp3) is 0.182. The molecule has 0 saturated carbocycles. The number of nitrogens with zero attached hydrogens (tertiary/aromatic N) is 1. The highest BCUT2D eigenvalue weighted by Gasteiger charge is 2.35. The molecule has 29 heavy (non-hydrogen) atoms. The number of thioether (sulfide) groups is 1. The smallest absolute Gasteiger partial charge is 0.293 e. The third-order valence-corrected chi connectivity index (χ3v) is 5.68. The molecule has 1 aliphatic rings. The fourth-order valence-electron chi connectivity index (χ4n) is 2.71. The molecule has 5 nitrogen and oxygen atoms in total. The molecule has 1 heterocycles. The zero-order valence-electron chi connectivity index (χ0n) is 15.9. The third-order valence-electron chi connectivity index (χ3n) is 4.05. The summed E-state index contributed by atoms with van der Waals surface area (Å²) in [5.74, 6) is 0.903. The molecule has 0 aliphatic carbocycles. The number of rotatable bonds is 8. The summed E-state index contributed by atoms with van der Waals surface area (Å²) >= 11 is 3.17. The van der Waals surface area contributed by atoms with E-state index in [1.807, 2.05) is 37.3 Å². The maximum absolute atomic E-state index is 12.8. The van der Waals surface area contributed by atoms with Gasteiger partial charge in [-0.3, -0.25) is 14.5 Å². The van der Waals surface area contributed by atoms with Crippen molar-refractivity contribution in [2.45, 2.75) is 13.5 Å². The summed E-state index contributed by atoms with van der Waals surface area (Å²) < 4.78 is 12.3. The van der Waals surface area contributed by atoms with Crippen LogP contribution in [0.3, 0.4) is 0 Å². The van der Waals surface area contributed by atoms with Crippen LogP contribution in [0.2, 0.25) is 0 Å². The van der Waals surface area contributed by atoms with Crippen molar-refractivity contribution in [3.05, 3.63) is 74.7 Å². The molecule has 1 saturated heterocycles. The van der Waals surface area contributed by atoms with Crippen molar-refractivity contribution >= 4 is 51.6 Å². The molecular weight excluding hydrogens is 501 g/mol. The number of carbonyl (C=O) groups is 2. The average molecular weight is 521 g/mol. The Morgan fingerprint density at radius 2 is 1.86 bits per heavy atom. The molecule has 0 spiro atoms. The monoisotopic (exact) mass is 521 g/mol. The predicted molar refractivity (Wildman–Crippen MR) is 124 cm³/mol. The SMILES string of the molecule is C=CCOc1ccc(/C=C2\SC(=O)N(Cc3ccc(I)cc3)C2=O)cc1OCC. The Labute approximate surface area is 187 Å². The molecule has 1 aliphatic heterocycles. The van der Waals surface area contributed by atoms with Gasteiger partial charge in [0, 0.05) is 3.57 Å². The van der Waals surface area contributed by atoms with Crippen LogP contribution in [0.5, 0.6) is 11.5 Å². The molecule has 0 N–H and O–H groups in total. The van der Waals surface area contributed by atoms with E-state index in [-0.39, 0.29) is 17.7 Å². The molecule has 0 aromatic heterocycles. The normalized spacial score (nSPS) is 15.1. The van der Waals surface area contributed by atoms with Gasteiger partial charge in [-0.15, -0.1) is 0 Å². The number of imide groups is 1. The van der Waals surface area contributed by atoms with Crippen LogP contribution >= 0.6 is 34.4 Å². The lowest BCUT2D eigenvalue weighted by molar-refractivity contribution is -0.123. The van der Waals surface area contributed by atoms with Crippen LogP contribution in [-0.4, -0.2) is 29.3 Å². The highest BCUT2D eigenvalue weighted by Crippen LogP contribution is 2.35. The van der Waals surface area contributed by atoms with Crippen LogP contribution in [0.25, 0.3) is 6.08 Å². The molecule has 0 bridgehead atoms. The second-order valence-corrected chi connectivity index (χ2v) is 8.37. The summed E-state index contributed by atoms with van der Waals surface area (Å²) in [6, 6.07) is 13.2. The van der Waals surface area contributed by atoms with Gasteiger partial charge in [-0.1, -0.05) is 30.9 Å². The first-order chi connectivity index (χ1) is 14.0. The quantitative estimate of drug-likeness (QED) is 0.261. The van der Waals surface area contributed by atoms with Gasteiger partial charge in [0.2, 0.25) is 0 Å². The molecule has 0 unspecified atom stereocenters. The first kappa shape index (κ1) is 21.4. The largest absolute Gasteiger partial charge is 0.490 e. The topological polar surface area (TPSA) is 55.8 Å². The summed E-state index contributed by atoms with van der Waals surface area (Å²) in [7, 11) is 0. The number of ether oxygens (including phenoxy) is 2. The van der Waals surface area contributed by atoms with Crippen molar-refractivity contribution in [1.29, 1.82) is 0 Å². The first-order valence-electron chi connectivity index (χ1n) is 9.02. The van der Waals surface area contributed by atoms with E-state index in [2.05, 4.69) is 29.2 Å². The van der Waals surface area contributed by atoms with E-state index in [9.17, 15) is 9.59 Å². The Morgan fingerprint density at radius 1 is 1.10 bits per heavy atom. The van der Waals surface area contributed by atoms with Crippen molar-refractivity contribution in [3.63, 3.8) is 0 Å². The van der Waals surface area contributed by atoms with Gasteiger partial charge in [0.25, 0.3) is 11.1 Å². The fourth-order valence-corrected chi connectivity index (χ4v) is 3.91. The van der Waals surface area contributed by atoms with E-state index >= 15 is 0 Å². The van der Waals surface area contributed by atoms with Crippen molar-refractivity contribution < 1.29 is 19.1 Å². The maximum atomic E-state index is 12.8. The highest BCUT2D eigenvalue weighted by molar-refractivity contribution is 14.1. The minimum atomic E-state index is -0.288. The first-order valence-corrected chi connectivity index (χ1v) is 10.9. The molecule has 1 fully saturated rings. The van der Waals surface area contributed by atoms with Crippen molar-refractivity contribution in [1.82, 2.24) is 4.90 Å². The van der Waals surface area contributed by atoms with Crippen LogP contribution in [-0.2, 0) is 11.3 Å². The van der Waals surface area contributed by atoms with Crippen LogP contribution in [0.1, 0.15) is 18.1 Å². The van der Waals surface area contributed by atoms with Crippen LogP contribution < -0.4 is 9.47 Å². The summed E-state index contributed by atoms with van der Waals surface area (Å²) in [5.41, 5.74) is 1.68. The molecule has 0 radical (unpaired) electrons. The Balaban J connectivity index is 1.80. The van der Waals surface area contributed by atoms with E-state index in [1.54, 1.807) is 24.3 Å². The van der Waals surface area contributed by atoms with Gasteiger partial charge >= 0.3 is 0 Å². The molecular formula is C22H20INO4S. The van der Waals surface area contributed by atoms with Gasteiger partial charge in [-0.2, -0.15) is 0 Å². The molecule has 2 amide bonds. The van der Waals surface area contributed by atoms with E-state index < -0.39 is 0 Å². The number of hydrogen-bond donors (Lipinski definition) is 0. The van der Waals surface area contributed by atoms with Gasteiger partial charge in [-0.25, -0.2) is 0 Å². The molecule has 3 rings (SSSR count). The number of benzene rings is 2. The minimum Gasteiger partial charge on any atom is -0.490 e. The van der Waals surface area contributed by atoms with Gasteiger partial charge in [0.05, 0.1) is 18.1 Å². The lowest BCUT2D eigenvalue weighted by Crippen LogP contribution is -2.27. The maximum Gasteiger partial charge on any atom is 0.293 e. The average Bonchev–Trinajstić information content (AvgIpc) is 2.96. The number of halogens is 1. The lowest BCUT2D eigenvalue weighted by Gasteiger charge is -2.12. The standard InChI is InChI=1S/C22H20INO4S/c1-3-11-28-18-10-7-16(12-19(18)27-4-2)13-20-21(25)24(22(26)29-20)14-15-5-8-17(23)9-6-15/h3,5-10,12-13H,1,4,11,14H2,2H3/b20-13-. The number of amides is 2. The van der Waals surface area contributed by atoms with Crippen LogP contribution in [0.4, 0.5) is 4.79 Å².